The van der Waals surface area contributed by atoms with E-state index in [1.807, 2.05) is 48.5 Å². The van der Waals surface area contributed by atoms with Crippen molar-refractivity contribution in [2.24, 2.45) is 0 Å². The summed E-state index contributed by atoms with van der Waals surface area (Å²) in [6.45, 7) is 1.66. The van der Waals surface area contributed by atoms with Crippen LogP contribution in [0.4, 0.5) is 0 Å². The zero-order valence-electron chi connectivity index (χ0n) is 13.8. The van der Waals surface area contributed by atoms with Gasteiger partial charge in [-0.1, -0.05) is 48.5 Å². The van der Waals surface area contributed by atoms with Crippen LogP contribution in [0.1, 0.15) is 6.92 Å². The van der Waals surface area contributed by atoms with E-state index in [1.165, 1.54) is 11.6 Å². The van der Waals surface area contributed by atoms with Crippen LogP contribution in [0, 0.1) is 0 Å². The summed E-state index contributed by atoms with van der Waals surface area (Å²) in [5.74, 6) is -0.365. The topological polar surface area (TPSA) is 70.4 Å². The van der Waals surface area contributed by atoms with Gasteiger partial charge in [-0.15, -0.1) is 0 Å². The van der Waals surface area contributed by atoms with Gasteiger partial charge in [0.2, 0.25) is 0 Å². The molecule has 0 N–H and O–H groups in total. The van der Waals surface area contributed by atoms with Gasteiger partial charge in [0.25, 0.3) is 5.56 Å². The summed E-state index contributed by atoms with van der Waals surface area (Å²) in [7, 11) is 0. The van der Waals surface area contributed by atoms with Crippen molar-refractivity contribution in [2.45, 2.75) is 13.7 Å². The second kappa shape index (κ2) is 7.72. The monoisotopic (exact) mass is 338 g/mol. The highest BCUT2D eigenvalue weighted by Gasteiger charge is 2.11. The molecule has 0 aliphatic rings. The molecule has 6 nitrogen and oxygen atoms in total. The first-order valence-corrected chi connectivity index (χ1v) is 7.93. The molecule has 3 rings (SSSR count). The number of hydrogen-bond donors (Lipinski definition) is 0. The highest BCUT2D eigenvalue weighted by atomic mass is 16.6. The number of aromatic nitrogens is 2. The minimum Gasteiger partial charge on any atom is -0.463 e. The Hall–Kier alpha value is -2.99. The van der Waals surface area contributed by atoms with Gasteiger partial charge < -0.3 is 9.47 Å². The normalized spacial score (nSPS) is 10.8. The molecule has 0 atom stereocenters. The Morgan fingerprint density at radius 1 is 1.00 bits per heavy atom. The Balaban J connectivity index is 1.92. The van der Waals surface area contributed by atoms with Crippen LogP contribution in [0.3, 0.4) is 0 Å². The van der Waals surface area contributed by atoms with Crippen LogP contribution in [0.5, 0.6) is 0 Å². The van der Waals surface area contributed by atoms with E-state index < -0.39 is 0 Å². The Morgan fingerprint density at radius 2 is 1.68 bits per heavy atom. The predicted molar refractivity (Wildman–Crippen MR) is 94.0 cm³/mol. The largest absolute Gasteiger partial charge is 0.463 e. The van der Waals surface area contributed by atoms with Crippen molar-refractivity contribution in [1.82, 2.24) is 9.78 Å². The van der Waals surface area contributed by atoms with E-state index in [-0.39, 0.29) is 31.5 Å². The van der Waals surface area contributed by atoms with Gasteiger partial charge in [0.15, 0.2) is 0 Å². The Labute approximate surface area is 144 Å². The van der Waals surface area contributed by atoms with Crippen LogP contribution in [0.25, 0.3) is 22.0 Å². The Kier molecular flexibility index (Phi) is 5.20. The SMILES string of the molecule is CC(=O)OCCOCn1nc(-c2ccccc2)c2ccccc2c1=O. The van der Waals surface area contributed by atoms with E-state index in [4.69, 9.17) is 9.47 Å². The molecule has 0 unspecified atom stereocenters. The molecular formula is C19H18N2O4. The van der Waals surface area contributed by atoms with E-state index in [0.717, 1.165) is 16.6 Å². The van der Waals surface area contributed by atoms with Crippen molar-refractivity contribution in [3.05, 3.63) is 65.0 Å². The fraction of sp³-hybridized carbons (Fsp3) is 0.211. The molecule has 6 heteroatoms. The lowest BCUT2D eigenvalue weighted by molar-refractivity contribution is -0.143. The number of nitrogens with zero attached hydrogens (tertiary/aromatic N) is 2. The molecule has 0 radical (unpaired) electrons. The first-order valence-electron chi connectivity index (χ1n) is 7.93. The zero-order valence-corrected chi connectivity index (χ0v) is 13.8. The van der Waals surface area contributed by atoms with Gasteiger partial charge in [0.05, 0.1) is 17.7 Å². The number of ether oxygens (including phenoxy) is 2. The summed E-state index contributed by atoms with van der Waals surface area (Å²) < 4.78 is 11.5. The fourth-order valence-electron chi connectivity index (χ4n) is 2.53. The molecule has 3 aromatic rings. The number of fused-ring (bicyclic) bond motifs is 1. The molecule has 0 aliphatic carbocycles. The first kappa shape index (κ1) is 16.9. The van der Waals surface area contributed by atoms with E-state index >= 15 is 0 Å². The molecule has 128 valence electrons. The van der Waals surface area contributed by atoms with Crippen molar-refractivity contribution in [2.75, 3.05) is 13.2 Å². The predicted octanol–water partition coefficient (Wildman–Crippen LogP) is 2.60. The molecule has 0 amide bonds. The average Bonchev–Trinajstić information content (AvgIpc) is 2.64. The lowest BCUT2D eigenvalue weighted by Gasteiger charge is -2.11. The minimum absolute atomic E-state index is 0.00916. The van der Waals surface area contributed by atoms with E-state index in [9.17, 15) is 9.59 Å². The van der Waals surface area contributed by atoms with Crippen molar-refractivity contribution >= 4 is 16.7 Å². The number of carbonyl (C=O) groups is 1. The third kappa shape index (κ3) is 3.92. The van der Waals surface area contributed by atoms with Crippen molar-refractivity contribution in [1.29, 1.82) is 0 Å². The summed E-state index contributed by atoms with van der Waals surface area (Å²) in [5, 5.41) is 5.86. The number of hydrogen-bond acceptors (Lipinski definition) is 5. The molecule has 1 heterocycles. The molecular weight excluding hydrogens is 320 g/mol. The van der Waals surface area contributed by atoms with E-state index in [2.05, 4.69) is 5.10 Å². The second-order valence-electron chi connectivity index (χ2n) is 5.44. The number of carbonyl (C=O) groups excluding carboxylic acids is 1. The van der Waals surface area contributed by atoms with Crippen LogP contribution in [-0.4, -0.2) is 29.0 Å². The van der Waals surface area contributed by atoms with Crippen LogP contribution in [0.15, 0.2) is 59.4 Å². The number of benzene rings is 2. The van der Waals surface area contributed by atoms with Crippen molar-refractivity contribution in [3.63, 3.8) is 0 Å². The summed E-state index contributed by atoms with van der Waals surface area (Å²) in [4.78, 5) is 23.4. The molecule has 0 spiro atoms. The van der Waals surface area contributed by atoms with Crippen molar-refractivity contribution in [3.8, 4) is 11.3 Å². The molecule has 0 fully saturated rings. The maximum Gasteiger partial charge on any atom is 0.302 e. The molecule has 0 saturated carbocycles. The highest BCUT2D eigenvalue weighted by molar-refractivity contribution is 5.93. The quantitative estimate of drug-likeness (QED) is 0.510. The van der Waals surface area contributed by atoms with E-state index in [0.29, 0.717) is 5.39 Å². The summed E-state index contributed by atoms with van der Waals surface area (Å²) in [6.07, 6.45) is 0. The molecule has 0 bridgehead atoms. The van der Waals surface area contributed by atoms with Crippen LogP contribution >= 0.6 is 0 Å². The minimum atomic E-state index is -0.365. The molecule has 1 aromatic heterocycles. The van der Waals surface area contributed by atoms with Gasteiger partial charge in [0.1, 0.15) is 13.3 Å². The third-order valence-electron chi connectivity index (χ3n) is 3.66. The average molecular weight is 338 g/mol. The molecule has 0 aliphatic heterocycles. The summed E-state index contributed by atoms with van der Waals surface area (Å²) in [5.41, 5.74) is 1.43. The Bertz CT molecular complexity index is 935. The third-order valence-corrected chi connectivity index (χ3v) is 3.66. The fourth-order valence-corrected chi connectivity index (χ4v) is 2.53. The maximum atomic E-state index is 12.6. The van der Waals surface area contributed by atoms with Gasteiger partial charge >= 0.3 is 5.97 Å². The van der Waals surface area contributed by atoms with Gasteiger partial charge in [-0.2, -0.15) is 5.10 Å². The lowest BCUT2D eigenvalue weighted by Crippen LogP contribution is -2.25. The molecule has 25 heavy (non-hydrogen) atoms. The van der Waals surface area contributed by atoms with Crippen LogP contribution < -0.4 is 5.56 Å². The second-order valence-corrected chi connectivity index (χ2v) is 5.44. The van der Waals surface area contributed by atoms with Gasteiger partial charge in [-0.3, -0.25) is 9.59 Å². The van der Waals surface area contributed by atoms with Crippen LogP contribution in [0.2, 0.25) is 0 Å². The molecule has 0 saturated heterocycles. The summed E-state index contributed by atoms with van der Waals surface area (Å²) >= 11 is 0. The maximum absolute atomic E-state index is 12.6. The van der Waals surface area contributed by atoms with Gasteiger partial charge in [-0.25, -0.2) is 4.68 Å². The van der Waals surface area contributed by atoms with E-state index in [1.54, 1.807) is 6.07 Å². The smallest absolute Gasteiger partial charge is 0.302 e. The first-order chi connectivity index (χ1) is 12.2. The molecule has 2 aromatic carbocycles. The standard InChI is InChI=1S/C19H18N2O4/c1-14(22)25-12-11-24-13-21-19(23)17-10-6-5-9-16(17)18(20-21)15-7-3-2-4-8-15/h2-10H,11-13H2,1H3. The number of rotatable bonds is 6. The Morgan fingerprint density at radius 3 is 2.40 bits per heavy atom. The zero-order chi connectivity index (χ0) is 17.6. The van der Waals surface area contributed by atoms with Gasteiger partial charge in [-0.05, 0) is 6.07 Å². The highest BCUT2D eigenvalue weighted by Crippen LogP contribution is 2.24. The number of esters is 1. The lowest BCUT2D eigenvalue weighted by atomic mass is 10.1. The van der Waals surface area contributed by atoms with Gasteiger partial charge in [0, 0.05) is 17.9 Å². The van der Waals surface area contributed by atoms with Crippen molar-refractivity contribution < 1.29 is 14.3 Å². The summed E-state index contributed by atoms with van der Waals surface area (Å²) in [6, 6.07) is 17.1. The van der Waals surface area contributed by atoms with Crippen LogP contribution in [-0.2, 0) is 21.0 Å².